The van der Waals surface area contributed by atoms with Gasteiger partial charge in [-0.1, -0.05) is 24.3 Å². The van der Waals surface area contributed by atoms with Crippen LogP contribution in [0.4, 0.5) is 0 Å². The number of para-hydroxylation sites is 1. The molecule has 1 aromatic carbocycles. The maximum atomic E-state index is 11.2. The molecule has 0 bridgehead atoms. The number of carboxylic acid groups (broad SMARTS) is 1. The van der Waals surface area contributed by atoms with E-state index in [0.717, 1.165) is 17.5 Å². The molecular weight excluding hydrogens is 254 g/mol. The zero-order valence-corrected chi connectivity index (χ0v) is 10.7. The summed E-state index contributed by atoms with van der Waals surface area (Å²) in [5.74, 6) is -0.999. The summed E-state index contributed by atoms with van der Waals surface area (Å²) < 4.78 is 1.74. The van der Waals surface area contributed by atoms with Crippen molar-refractivity contribution in [2.45, 2.75) is 13.0 Å². The highest BCUT2D eigenvalue weighted by Gasteiger charge is 2.15. The molecule has 20 heavy (non-hydrogen) atoms. The topological polar surface area (TPSA) is 68.0 Å². The minimum absolute atomic E-state index is 0.104. The highest BCUT2D eigenvalue weighted by atomic mass is 16.4. The normalized spacial score (nSPS) is 10.8. The molecule has 3 rings (SSSR count). The minimum atomic E-state index is -0.999. The van der Waals surface area contributed by atoms with Gasteiger partial charge in [-0.15, -0.1) is 0 Å². The smallest absolute Gasteiger partial charge is 0.357 e. The third-order valence-corrected chi connectivity index (χ3v) is 3.20. The van der Waals surface area contributed by atoms with Crippen molar-refractivity contribution in [1.82, 2.24) is 14.8 Å². The molecule has 0 amide bonds. The van der Waals surface area contributed by atoms with Crippen molar-refractivity contribution in [3.05, 3.63) is 60.0 Å². The van der Waals surface area contributed by atoms with Crippen LogP contribution in [0.3, 0.4) is 0 Å². The van der Waals surface area contributed by atoms with Gasteiger partial charge in [-0.3, -0.25) is 9.67 Å². The zero-order chi connectivity index (χ0) is 13.9. The van der Waals surface area contributed by atoms with Gasteiger partial charge in [-0.2, -0.15) is 5.10 Å². The average molecular weight is 267 g/mol. The van der Waals surface area contributed by atoms with Crippen LogP contribution in [-0.4, -0.2) is 25.8 Å². The largest absolute Gasteiger partial charge is 0.476 e. The molecular formula is C15H13N3O2. The van der Waals surface area contributed by atoms with E-state index in [4.69, 9.17) is 0 Å². The Hall–Kier alpha value is -2.69. The molecule has 1 N–H and O–H groups in total. The van der Waals surface area contributed by atoms with E-state index in [1.54, 1.807) is 16.9 Å². The van der Waals surface area contributed by atoms with Gasteiger partial charge in [-0.05, 0) is 24.1 Å². The van der Waals surface area contributed by atoms with Crippen LogP contribution in [0.15, 0.2) is 48.8 Å². The predicted octanol–water partition coefficient (Wildman–Crippen LogP) is 2.37. The first-order valence-electron chi connectivity index (χ1n) is 6.33. The highest BCUT2D eigenvalue weighted by Crippen LogP contribution is 2.18. The van der Waals surface area contributed by atoms with E-state index in [0.29, 0.717) is 11.9 Å². The number of hydrogen-bond donors (Lipinski definition) is 1. The summed E-state index contributed by atoms with van der Waals surface area (Å²) in [7, 11) is 0. The minimum Gasteiger partial charge on any atom is -0.476 e. The van der Waals surface area contributed by atoms with Crippen molar-refractivity contribution in [3.63, 3.8) is 0 Å². The van der Waals surface area contributed by atoms with Gasteiger partial charge in [0.25, 0.3) is 0 Å². The highest BCUT2D eigenvalue weighted by molar-refractivity contribution is 6.01. The van der Waals surface area contributed by atoms with Gasteiger partial charge in [0.15, 0.2) is 5.69 Å². The number of aromatic carboxylic acids is 1. The fraction of sp³-hybridized carbons (Fsp3) is 0.133. The first-order chi connectivity index (χ1) is 9.75. The third kappa shape index (κ3) is 2.25. The van der Waals surface area contributed by atoms with Crippen LogP contribution in [0.1, 0.15) is 16.1 Å². The summed E-state index contributed by atoms with van der Waals surface area (Å²) in [5.41, 5.74) is 2.05. The SMILES string of the molecule is O=C(O)c1nn(CCc2cccnc2)c2ccccc12. The number of nitrogens with zero attached hydrogens (tertiary/aromatic N) is 3. The van der Waals surface area contributed by atoms with Gasteiger partial charge in [0.05, 0.1) is 5.52 Å². The molecule has 2 heterocycles. The fourth-order valence-electron chi connectivity index (χ4n) is 2.24. The second-order valence-electron chi connectivity index (χ2n) is 4.51. The molecule has 0 radical (unpaired) electrons. The zero-order valence-electron chi connectivity index (χ0n) is 10.7. The number of rotatable bonds is 4. The second-order valence-corrected chi connectivity index (χ2v) is 4.51. The van der Waals surface area contributed by atoms with Crippen molar-refractivity contribution in [3.8, 4) is 0 Å². The summed E-state index contributed by atoms with van der Waals surface area (Å²) in [5, 5.41) is 14.1. The van der Waals surface area contributed by atoms with Crippen molar-refractivity contribution >= 4 is 16.9 Å². The van der Waals surface area contributed by atoms with Crippen LogP contribution in [0.25, 0.3) is 10.9 Å². The van der Waals surface area contributed by atoms with E-state index in [-0.39, 0.29) is 5.69 Å². The van der Waals surface area contributed by atoms with Crippen molar-refractivity contribution in [2.24, 2.45) is 0 Å². The third-order valence-electron chi connectivity index (χ3n) is 3.20. The molecule has 0 atom stereocenters. The lowest BCUT2D eigenvalue weighted by Crippen LogP contribution is -2.05. The van der Waals surface area contributed by atoms with E-state index in [2.05, 4.69) is 10.1 Å². The second kappa shape index (κ2) is 5.13. The maximum Gasteiger partial charge on any atom is 0.357 e. The molecule has 0 aliphatic carbocycles. The van der Waals surface area contributed by atoms with E-state index in [1.807, 2.05) is 36.5 Å². The lowest BCUT2D eigenvalue weighted by molar-refractivity contribution is 0.0691. The first-order valence-corrected chi connectivity index (χ1v) is 6.33. The molecule has 0 saturated heterocycles. The molecule has 5 heteroatoms. The fourth-order valence-corrected chi connectivity index (χ4v) is 2.24. The van der Waals surface area contributed by atoms with Crippen molar-refractivity contribution < 1.29 is 9.90 Å². The number of carbonyl (C=O) groups is 1. The molecule has 0 fully saturated rings. The van der Waals surface area contributed by atoms with Gasteiger partial charge in [-0.25, -0.2) is 4.79 Å². The Morgan fingerprint density at radius 2 is 2.05 bits per heavy atom. The molecule has 0 unspecified atom stereocenters. The molecule has 0 aliphatic heterocycles. The number of fused-ring (bicyclic) bond motifs is 1. The van der Waals surface area contributed by atoms with Crippen LogP contribution in [-0.2, 0) is 13.0 Å². The lowest BCUT2D eigenvalue weighted by Gasteiger charge is -2.03. The van der Waals surface area contributed by atoms with Gasteiger partial charge < -0.3 is 5.11 Å². The summed E-state index contributed by atoms with van der Waals surface area (Å²) in [6.45, 7) is 0.624. The lowest BCUT2D eigenvalue weighted by atomic mass is 10.2. The van der Waals surface area contributed by atoms with Gasteiger partial charge in [0.1, 0.15) is 0 Å². The molecule has 0 saturated carbocycles. The Bertz CT molecular complexity index is 750. The average Bonchev–Trinajstić information content (AvgIpc) is 2.85. The predicted molar refractivity (Wildman–Crippen MR) is 74.6 cm³/mol. The molecule has 3 aromatic rings. The molecule has 0 spiro atoms. The van der Waals surface area contributed by atoms with E-state index < -0.39 is 5.97 Å². The standard InChI is InChI=1S/C15H13N3O2/c19-15(20)14-12-5-1-2-6-13(12)18(17-14)9-7-11-4-3-8-16-10-11/h1-6,8,10H,7,9H2,(H,19,20). The van der Waals surface area contributed by atoms with Crippen LogP contribution in [0.2, 0.25) is 0 Å². The number of hydrogen-bond acceptors (Lipinski definition) is 3. The number of aromatic nitrogens is 3. The number of benzene rings is 1. The Balaban J connectivity index is 1.94. The van der Waals surface area contributed by atoms with Crippen LogP contribution < -0.4 is 0 Å². The summed E-state index contributed by atoms with van der Waals surface area (Å²) in [4.78, 5) is 15.3. The number of aryl methyl sites for hydroxylation is 2. The maximum absolute atomic E-state index is 11.2. The van der Waals surface area contributed by atoms with Crippen LogP contribution in [0, 0.1) is 0 Å². The van der Waals surface area contributed by atoms with Crippen molar-refractivity contribution in [1.29, 1.82) is 0 Å². The van der Waals surface area contributed by atoms with Gasteiger partial charge in [0.2, 0.25) is 0 Å². The Morgan fingerprint density at radius 3 is 2.80 bits per heavy atom. The molecule has 5 nitrogen and oxygen atoms in total. The summed E-state index contributed by atoms with van der Waals surface area (Å²) >= 11 is 0. The summed E-state index contributed by atoms with van der Waals surface area (Å²) in [6.07, 6.45) is 4.30. The van der Waals surface area contributed by atoms with Gasteiger partial charge in [0, 0.05) is 24.3 Å². The molecule has 0 aliphatic rings. The van der Waals surface area contributed by atoms with Gasteiger partial charge >= 0.3 is 5.97 Å². The Labute approximate surface area is 115 Å². The van der Waals surface area contributed by atoms with E-state index in [1.165, 1.54) is 0 Å². The number of pyridine rings is 1. The number of carboxylic acids is 1. The van der Waals surface area contributed by atoms with E-state index >= 15 is 0 Å². The quantitative estimate of drug-likeness (QED) is 0.788. The molecule has 100 valence electrons. The van der Waals surface area contributed by atoms with Crippen LogP contribution >= 0.6 is 0 Å². The van der Waals surface area contributed by atoms with E-state index in [9.17, 15) is 9.90 Å². The monoisotopic (exact) mass is 267 g/mol. The Kier molecular flexibility index (Phi) is 3.16. The van der Waals surface area contributed by atoms with Crippen molar-refractivity contribution in [2.75, 3.05) is 0 Å². The van der Waals surface area contributed by atoms with Crippen LogP contribution in [0.5, 0.6) is 0 Å². The summed E-state index contributed by atoms with van der Waals surface area (Å²) in [6, 6.07) is 11.3. The Morgan fingerprint density at radius 1 is 1.20 bits per heavy atom. The molecule has 2 aromatic heterocycles. The first kappa shape index (κ1) is 12.3.